The van der Waals surface area contributed by atoms with Gasteiger partial charge in [0.15, 0.2) is 5.78 Å². The van der Waals surface area contributed by atoms with Crippen molar-refractivity contribution in [3.63, 3.8) is 0 Å². The summed E-state index contributed by atoms with van der Waals surface area (Å²) in [6, 6.07) is 9.06. The average molecular weight is 248 g/mol. The van der Waals surface area contributed by atoms with Gasteiger partial charge in [-0.15, -0.1) is 0 Å². The number of hydrogen-bond donors (Lipinski definition) is 0. The quantitative estimate of drug-likeness (QED) is 0.814. The number of ketones is 1. The number of rotatable bonds is 4. The van der Waals surface area contributed by atoms with E-state index in [1.165, 1.54) is 6.42 Å². The monoisotopic (exact) mass is 247 g/mol. The predicted molar refractivity (Wildman–Crippen MR) is 66.8 cm³/mol. The molecule has 0 amide bonds. The Labute approximate surface area is 106 Å². The van der Waals surface area contributed by atoms with Crippen molar-refractivity contribution in [1.82, 2.24) is 0 Å². The maximum atomic E-state index is 12.0. The predicted octanol–water partition coefficient (Wildman–Crippen LogP) is 3.71. The van der Waals surface area contributed by atoms with Gasteiger partial charge >= 0.3 is 0 Å². The van der Waals surface area contributed by atoms with E-state index in [-0.39, 0.29) is 5.78 Å². The van der Waals surface area contributed by atoms with E-state index >= 15 is 0 Å². The Balaban J connectivity index is 2.07. The van der Waals surface area contributed by atoms with Crippen LogP contribution in [0.4, 0.5) is 0 Å². The zero-order valence-electron chi connectivity index (χ0n) is 9.53. The summed E-state index contributed by atoms with van der Waals surface area (Å²) in [6.07, 6.45) is 4.02. The Bertz CT molecular complexity index is 442. The second kappa shape index (κ2) is 5.33. The fourth-order valence-electron chi connectivity index (χ4n) is 2.09. The summed E-state index contributed by atoms with van der Waals surface area (Å²) in [6.45, 7) is 0. The Morgan fingerprint density at radius 1 is 1.41 bits per heavy atom. The van der Waals surface area contributed by atoms with E-state index in [2.05, 4.69) is 6.07 Å². The molecule has 2 nitrogen and oxygen atoms in total. The minimum atomic E-state index is -0.632. The van der Waals surface area contributed by atoms with Crippen molar-refractivity contribution in [2.24, 2.45) is 5.92 Å². The normalized spacial score (nSPS) is 16.9. The first-order valence-corrected chi connectivity index (χ1v) is 6.26. The number of nitriles is 1. The van der Waals surface area contributed by atoms with Gasteiger partial charge in [-0.2, -0.15) is 5.26 Å². The number of benzene rings is 1. The van der Waals surface area contributed by atoms with Crippen LogP contribution in [-0.4, -0.2) is 5.78 Å². The van der Waals surface area contributed by atoms with Gasteiger partial charge in [0, 0.05) is 11.4 Å². The third kappa shape index (κ3) is 2.87. The molecule has 0 aliphatic heterocycles. The summed E-state index contributed by atoms with van der Waals surface area (Å²) in [5.41, 5.74) is 0.751. The molecule has 1 aromatic rings. The Morgan fingerprint density at radius 2 is 2.06 bits per heavy atom. The van der Waals surface area contributed by atoms with Crippen LogP contribution in [0.3, 0.4) is 0 Å². The number of Topliss-reactive ketones (excluding diaryl/α,β-unsaturated/α-hetero) is 1. The standard InChI is InChI=1S/C14H14ClNO/c15-12-6-4-11(5-7-12)13(9-16)14(17)8-10-2-1-3-10/h4-7,10,13H,1-3,8H2. The molecule has 1 aliphatic carbocycles. The lowest BCUT2D eigenvalue weighted by Crippen LogP contribution is -2.20. The smallest absolute Gasteiger partial charge is 0.154 e. The van der Waals surface area contributed by atoms with Gasteiger partial charge in [-0.1, -0.05) is 43.0 Å². The Kier molecular flexibility index (Phi) is 3.81. The highest BCUT2D eigenvalue weighted by Crippen LogP contribution is 2.32. The topological polar surface area (TPSA) is 40.9 Å². The van der Waals surface area contributed by atoms with E-state index in [1.807, 2.05) is 0 Å². The number of carbonyl (C=O) groups excluding carboxylic acids is 1. The fraction of sp³-hybridized carbons (Fsp3) is 0.429. The zero-order valence-corrected chi connectivity index (χ0v) is 10.3. The summed E-state index contributed by atoms with van der Waals surface area (Å²) in [5, 5.41) is 9.74. The van der Waals surface area contributed by atoms with E-state index in [4.69, 9.17) is 16.9 Å². The first-order chi connectivity index (χ1) is 8.20. The van der Waals surface area contributed by atoms with E-state index in [9.17, 15) is 4.79 Å². The highest BCUT2D eigenvalue weighted by molar-refractivity contribution is 6.30. The van der Waals surface area contributed by atoms with Crippen molar-refractivity contribution >= 4 is 17.4 Å². The van der Waals surface area contributed by atoms with E-state index < -0.39 is 5.92 Å². The molecule has 17 heavy (non-hydrogen) atoms. The molecule has 0 aromatic heterocycles. The van der Waals surface area contributed by atoms with Gasteiger partial charge < -0.3 is 0 Å². The van der Waals surface area contributed by atoms with Gasteiger partial charge in [-0.05, 0) is 23.6 Å². The van der Waals surface area contributed by atoms with Crippen molar-refractivity contribution in [2.75, 3.05) is 0 Å². The molecule has 0 heterocycles. The van der Waals surface area contributed by atoms with Crippen LogP contribution in [0.15, 0.2) is 24.3 Å². The van der Waals surface area contributed by atoms with Crippen molar-refractivity contribution < 1.29 is 4.79 Å². The summed E-state index contributed by atoms with van der Waals surface area (Å²) < 4.78 is 0. The molecule has 0 radical (unpaired) electrons. The van der Waals surface area contributed by atoms with Gasteiger partial charge in [0.05, 0.1) is 6.07 Å². The van der Waals surface area contributed by atoms with Crippen molar-refractivity contribution in [3.05, 3.63) is 34.9 Å². The summed E-state index contributed by atoms with van der Waals surface area (Å²) >= 11 is 5.79. The number of halogens is 1. The largest absolute Gasteiger partial charge is 0.298 e. The first-order valence-electron chi connectivity index (χ1n) is 5.88. The maximum absolute atomic E-state index is 12.0. The van der Waals surface area contributed by atoms with Gasteiger partial charge in [0.25, 0.3) is 0 Å². The van der Waals surface area contributed by atoms with Crippen LogP contribution in [0.25, 0.3) is 0 Å². The molecule has 1 saturated carbocycles. The molecule has 0 N–H and O–H groups in total. The van der Waals surface area contributed by atoms with E-state index in [1.54, 1.807) is 24.3 Å². The highest BCUT2D eigenvalue weighted by atomic mass is 35.5. The second-order valence-corrected chi connectivity index (χ2v) is 5.02. The number of hydrogen-bond acceptors (Lipinski definition) is 2. The van der Waals surface area contributed by atoms with Crippen LogP contribution in [0.2, 0.25) is 5.02 Å². The van der Waals surface area contributed by atoms with Crippen molar-refractivity contribution in [1.29, 1.82) is 5.26 Å². The third-order valence-electron chi connectivity index (χ3n) is 3.37. The van der Waals surface area contributed by atoms with Crippen molar-refractivity contribution in [2.45, 2.75) is 31.6 Å². The average Bonchev–Trinajstić information content (AvgIpc) is 2.27. The summed E-state index contributed by atoms with van der Waals surface area (Å²) in [4.78, 5) is 12.0. The molecule has 0 bridgehead atoms. The lowest BCUT2D eigenvalue weighted by atomic mass is 9.79. The third-order valence-corrected chi connectivity index (χ3v) is 3.62. The molecule has 0 spiro atoms. The molecule has 1 fully saturated rings. The Hall–Kier alpha value is -1.33. The summed E-state index contributed by atoms with van der Waals surface area (Å²) in [5.74, 6) is -0.0851. The molecular formula is C14H14ClNO. The van der Waals surface area contributed by atoms with Crippen LogP contribution in [0, 0.1) is 17.2 Å². The molecule has 1 aliphatic rings. The number of carbonyl (C=O) groups is 1. The molecule has 1 unspecified atom stereocenters. The first kappa shape index (κ1) is 12.1. The molecule has 1 aromatic carbocycles. The van der Waals surface area contributed by atoms with Gasteiger partial charge in [-0.25, -0.2) is 0 Å². The van der Waals surface area contributed by atoms with Gasteiger partial charge in [0.2, 0.25) is 0 Å². The highest BCUT2D eigenvalue weighted by Gasteiger charge is 2.26. The minimum Gasteiger partial charge on any atom is -0.298 e. The van der Waals surface area contributed by atoms with Gasteiger partial charge in [-0.3, -0.25) is 4.79 Å². The van der Waals surface area contributed by atoms with Crippen LogP contribution in [-0.2, 0) is 4.79 Å². The maximum Gasteiger partial charge on any atom is 0.154 e. The number of nitrogens with zero attached hydrogens (tertiary/aromatic N) is 1. The van der Waals surface area contributed by atoms with Gasteiger partial charge in [0.1, 0.15) is 5.92 Å². The van der Waals surface area contributed by atoms with Crippen LogP contribution in [0.5, 0.6) is 0 Å². The van der Waals surface area contributed by atoms with Crippen LogP contribution >= 0.6 is 11.6 Å². The molecule has 2 rings (SSSR count). The molecular weight excluding hydrogens is 234 g/mol. The second-order valence-electron chi connectivity index (χ2n) is 4.58. The minimum absolute atomic E-state index is 0.0412. The van der Waals surface area contributed by atoms with E-state index in [0.717, 1.165) is 18.4 Å². The molecule has 3 heteroatoms. The Morgan fingerprint density at radius 3 is 2.53 bits per heavy atom. The fourth-order valence-corrected chi connectivity index (χ4v) is 2.21. The lowest BCUT2D eigenvalue weighted by Gasteiger charge is -2.25. The van der Waals surface area contributed by atoms with Crippen LogP contribution < -0.4 is 0 Å². The molecule has 0 saturated heterocycles. The SMILES string of the molecule is N#CC(C(=O)CC1CCC1)c1ccc(Cl)cc1. The summed E-state index contributed by atoms with van der Waals surface area (Å²) in [7, 11) is 0. The molecule has 1 atom stereocenters. The van der Waals surface area contributed by atoms with Crippen LogP contribution in [0.1, 0.15) is 37.2 Å². The van der Waals surface area contributed by atoms with Crippen molar-refractivity contribution in [3.8, 4) is 6.07 Å². The molecule has 88 valence electrons. The lowest BCUT2D eigenvalue weighted by molar-refractivity contribution is -0.120. The van der Waals surface area contributed by atoms with E-state index in [0.29, 0.717) is 17.4 Å². The zero-order chi connectivity index (χ0) is 12.3.